The molecule has 0 aliphatic heterocycles. The van der Waals surface area contributed by atoms with Crippen molar-refractivity contribution >= 4 is 17.3 Å². The minimum atomic E-state index is -0.491. The molecule has 1 aromatic carbocycles. The van der Waals surface area contributed by atoms with Gasteiger partial charge in [-0.15, -0.1) is 6.42 Å². The Bertz CT molecular complexity index is 506. The number of rotatable bonds is 5. The lowest BCUT2D eigenvalue weighted by atomic mass is 10.2. The molecule has 0 saturated carbocycles. The zero-order valence-electron chi connectivity index (χ0n) is 9.90. The largest absolute Gasteiger partial charge is 0.371 e. The lowest BCUT2D eigenvalue weighted by molar-refractivity contribution is -0.384. The number of aryl methyl sites for hydroxylation is 1. The number of amides is 1. The van der Waals surface area contributed by atoms with E-state index in [0.717, 1.165) is 5.56 Å². The average Bonchev–Trinajstić information content (AvgIpc) is 2.34. The van der Waals surface area contributed by atoms with Gasteiger partial charge in [-0.2, -0.15) is 0 Å². The van der Waals surface area contributed by atoms with Crippen LogP contribution in [0.2, 0.25) is 0 Å². The molecule has 94 valence electrons. The Morgan fingerprint density at radius 1 is 1.56 bits per heavy atom. The quantitative estimate of drug-likeness (QED) is 0.463. The number of benzene rings is 1. The first-order valence-corrected chi connectivity index (χ1v) is 5.23. The molecule has 0 heterocycles. The van der Waals surface area contributed by atoms with E-state index in [-0.39, 0.29) is 24.7 Å². The third kappa shape index (κ3) is 3.79. The van der Waals surface area contributed by atoms with Crippen molar-refractivity contribution < 1.29 is 9.72 Å². The zero-order chi connectivity index (χ0) is 13.5. The van der Waals surface area contributed by atoms with Crippen molar-refractivity contribution in [1.29, 1.82) is 0 Å². The van der Waals surface area contributed by atoms with Crippen molar-refractivity contribution in [1.82, 2.24) is 5.32 Å². The molecule has 0 radical (unpaired) electrons. The van der Waals surface area contributed by atoms with Gasteiger partial charge in [0.2, 0.25) is 5.91 Å². The normalized spacial score (nSPS) is 9.33. The minimum absolute atomic E-state index is 0.0558. The van der Waals surface area contributed by atoms with Crippen LogP contribution in [-0.2, 0) is 4.79 Å². The molecule has 1 amide bonds. The van der Waals surface area contributed by atoms with Gasteiger partial charge < -0.3 is 10.6 Å². The van der Waals surface area contributed by atoms with Crippen LogP contribution in [0.5, 0.6) is 0 Å². The summed E-state index contributed by atoms with van der Waals surface area (Å²) >= 11 is 0. The Morgan fingerprint density at radius 2 is 2.28 bits per heavy atom. The highest BCUT2D eigenvalue weighted by Crippen LogP contribution is 2.24. The number of terminal acetylenes is 1. The first kappa shape index (κ1) is 13.5. The highest BCUT2D eigenvalue weighted by atomic mass is 16.6. The Hall–Kier alpha value is -2.55. The van der Waals surface area contributed by atoms with E-state index >= 15 is 0 Å². The Balaban J connectivity index is 2.70. The molecule has 18 heavy (non-hydrogen) atoms. The van der Waals surface area contributed by atoms with E-state index in [2.05, 4.69) is 16.6 Å². The fraction of sp³-hybridized carbons (Fsp3) is 0.250. The van der Waals surface area contributed by atoms with Gasteiger partial charge in [-0.1, -0.05) is 12.0 Å². The molecule has 1 aromatic rings. The van der Waals surface area contributed by atoms with Gasteiger partial charge in [0.05, 0.1) is 18.0 Å². The number of nitro benzene ring substituents is 1. The van der Waals surface area contributed by atoms with E-state index in [0.29, 0.717) is 5.69 Å². The SMILES string of the molecule is C#CCNC(=O)CNc1ccc(C)cc1[N+](=O)[O-]. The molecule has 1 rings (SSSR count). The molecule has 0 aromatic heterocycles. The van der Waals surface area contributed by atoms with Crippen molar-refractivity contribution in [2.45, 2.75) is 6.92 Å². The molecule has 0 fully saturated rings. The summed E-state index contributed by atoms with van der Waals surface area (Å²) in [4.78, 5) is 21.6. The minimum Gasteiger partial charge on any atom is -0.371 e. The van der Waals surface area contributed by atoms with Crippen molar-refractivity contribution in [3.63, 3.8) is 0 Å². The predicted molar refractivity (Wildman–Crippen MR) is 68.2 cm³/mol. The smallest absolute Gasteiger partial charge is 0.292 e. The van der Waals surface area contributed by atoms with E-state index < -0.39 is 4.92 Å². The number of carbonyl (C=O) groups is 1. The van der Waals surface area contributed by atoms with Crippen LogP contribution in [-0.4, -0.2) is 23.9 Å². The summed E-state index contributed by atoms with van der Waals surface area (Å²) in [6.07, 6.45) is 4.99. The summed E-state index contributed by atoms with van der Waals surface area (Å²) in [5.74, 6) is 1.95. The van der Waals surface area contributed by atoms with Gasteiger partial charge in [-0.25, -0.2) is 0 Å². The fourth-order valence-corrected chi connectivity index (χ4v) is 1.33. The van der Waals surface area contributed by atoms with E-state index in [1.54, 1.807) is 19.1 Å². The molecule has 6 heteroatoms. The van der Waals surface area contributed by atoms with Crippen molar-refractivity contribution in [2.75, 3.05) is 18.4 Å². The van der Waals surface area contributed by atoms with Gasteiger partial charge in [-0.3, -0.25) is 14.9 Å². The molecule has 0 spiro atoms. The van der Waals surface area contributed by atoms with Crippen LogP contribution in [0.1, 0.15) is 5.56 Å². The van der Waals surface area contributed by atoms with Gasteiger partial charge in [0.25, 0.3) is 5.69 Å². The number of nitrogens with one attached hydrogen (secondary N) is 2. The maximum absolute atomic E-state index is 11.3. The van der Waals surface area contributed by atoms with Crippen LogP contribution in [0.25, 0.3) is 0 Å². The Labute approximate surface area is 105 Å². The Kier molecular flexibility index (Phi) is 4.69. The van der Waals surface area contributed by atoms with Crippen LogP contribution in [0, 0.1) is 29.4 Å². The molecule has 0 aliphatic carbocycles. The number of anilines is 1. The van der Waals surface area contributed by atoms with Crippen LogP contribution < -0.4 is 10.6 Å². The molecule has 6 nitrogen and oxygen atoms in total. The number of carbonyl (C=O) groups excluding carboxylic acids is 1. The molecule has 0 bridgehead atoms. The number of hydrogen-bond donors (Lipinski definition) is 2. The van der Waals surface area contributed by atoms with E-state index in [9.17, 15) is 14.9 Å². The number of hydrogen-bond acceptors (Lipinski definition) is 4. The summed E-state index contributed by atoms with van der Waals surface area (Å²) in [7, 11) is 0. The molecule has 0 aliphatic rings. The van der Waals surface area contributed by atoms with E-state index in [4.69, 9.17) is 6.42 Å². The molecular formula is C12H13N3O3. The van der Waals surface area contributed by atoms with Gasteiger partial charge in [0, 0.05) is 6.07 Å². The average molecular weight is 247 g/mol. The Morgan fingerprint density at radius 3 is 2.89 bits per heavy atom. The molecule has 0 atom stereocenters. The maximum Gasteiger partial charge on any atom is 0.292 e. The monoisotopic (exact) mass is 247 g/mol. The second kappa shape index (κ2) is 6.25. The van der Waals surface area contributed by atoms with E-state index in [1.807, 2.05) is 0 Å². The highest BCUT2D eigenvalue weighted by Gasteiger charge is 2.13. The van der Waals surface area contributed by atoms with Gasteiger partial charge in [0.1, 0.15) is 5.69 Å². The van der Waals surface area contributed by atoms with Crippen LogP contribution in [0.4, 0.5) is 11.4 Å². The van der Waals surface area contributed by atoms with Crippen molar-refractivity contribution in [3.8, 4) is 12.3 Å². The highest BCUT2D eigenvalue weighted by molar-refractivity contribution is 5.81. The van der Waals surface area contributed by atoms with Crippen LogP contribution >= 0.6 is 0 Å². The number of nitro groups is 1. The topological polar surface area (TPSA) is 84.3 Å². The maximum atomic E-state index is 11.3. The summed E-state index contributed by atoms with van der Waals surface area (Å²) in [6.45, 7) is 1.83. The summed E-state index contributed by atoms with van der Waals surface area (Å²) < 4.78 is 0. The second-order valence-electron chi connectivity index (χ2n) is 3.61. The third-order valence-electron chi connectivity index (χ3n) is 2.18. The lowest BCUT2D eigenvalue weighted by Gasteiger charge is -2.07. The summed E-state index contributed by atoms with van der Waals surface area (Å²) in [6, 6.07) is 4.75. The standard InChI is InChI=1S/C12H13N3O3/c1-3-6-13-12(16)8-14-10-5-4-9(2)7-11(10)15(17)18/h1,4-5,7,14H,6,8H2,2H3,(H,13,16). The predicted octanol–water partition coefficient (Wildman–Crippen LogP) is 1.06. The van der Waals surface area contributed by atoms with Gasteiger partial charge >= 0.3 is 0 Å². The first-order chi connectivity index (χ1) is 8.54. The zero-order valence-corrected chi connectivity index (χ0v) is 9.90. The summed E-state index contributed by atoms with van der Waals surface area (Å²) in [5, 5.41) is 16.0. The first-order valence-electron chi connectivity index (χ1n) is 5.23. The van der Waals surface area contributed by atoms with Gasteiger partial charge in [0.15, 0.2) is 0 Å². The molecule has 0 unspecified atom stereocenters. The fourth-order valence-electron chi connectivity index (χ4n) is 1.33. The van der Waals surface area contributed by atoms with Gasteiger partial charge in [-0.05, 0) is 18.6 Å². The number of nitrogens with zero attached hydrogens (tertiary/aromatic N) is 1. The van der Waals surface area contributed by atoms with Crippen molar-refractivity contribution in [2.24, 2.45) is 0 Å². The third-order valence-corrected chi connectivity index (χ3v) is 2.18. The molecule has 0 saturated heterocycles. The van der Waals surface area contributed by atoms with Crippen LogP contribution in [0.3, 0.4) is 0 Å². The summed E-state index contributed by atoms with van der Waals surface area (Å²) in [5.41, 5.74) is 1.03. The lowest BCUT2D eigenvalue weighted by Crippen LogP contribution is -2.30. The second-order valence-corrected chi connectivity index (χ2v) is 3.61. The van der Waals surface area contributed by atoms with Crippen LogP contribution in [0.15, 0.2) is 18.2 Å². The van der Waals surface area contributed by atoms with Crippen molar-refractivity contribution in [3.05, 3.63) is 33.9 Å². The molecule has 2 N–H and O–H groups in total. The van der Waals surface area contributed by atoms with E-state index in [1.165, 1.54) is 6.07 Å². The molecular weight excluding hydrogens is 234 g/mol.